The number of hydrogen-bond donors (Lipinski definition) is 0. The van der Waals surface area contributed by atoms with Crippen LogP contribution in [0.5, 0.6) is 5.75 Å². The zero-order valence-electron chi connectivity index (χ0n) is 16.2. The molecule has 5 nitrogen and oxygen atoms in total. The Bertz CT molecular complexity index is 794. The lowest BCUT2D eigenvalue weighted by atomic mass is 9.75. The SMILES string of the molecule is Cc1noc(C)c1COc1cccc(C(=O)N2CC[C@@H]3CCCC[C@H]3C2)c1. The zero-order valence-corrected chi connectivity index (χ0v) is 16.2. The fourth-order valence-corrected chi connectivity index (χ4v) is 4.55. The van der Waals surface area contributed by atoms with E-state index < -0.39 is 0 Å². The molecule has 5 heteroatoms. The first-order valence-electron chi connectivity index (χ1n) is 10.1. The molecular weight excluding hydrogens is 340 g/mol. The molecule has 1 amide bonds. The quantitative estimate of drug-likeness (QED) is 0.796. The molecule has 0 N–H and O–H groups in total. The maximum atomic E-state index is 13.0. The first-order valence-corrected chi connectivity index (χ1v) is 10.1. The Morgan fingerprint density at radius 1 is 1.22 bits per heavy atom. The van der Waals surface area contributed by atoms with E-state index in [1.807, 2.05) is 43.0 Å². The Morgan fingerprint density at radius 3 is 2.81 bits per heavy atom. The number of amides is 1. The Labute approximate surface area is 160 Å². The summed E-state index contributed by atoms with van der Waals surface area (Å²) in [6.45, 7) is 5.97. The van der Waals surface area contributed by atoms with Crippen molar-refractivity contribution in [3.63, 3.8) is 0 Å². The summed E-state index contributed by atoms with van der Waals surface area (Å²) in [7, 11) is 0. The minimum Gasteiger partial charge on any atom is -0.489 e. The number of hydrogen-bond acceptors (Lipinski definition) is 4. The monoisotopic (exact) mass is 368 g/mol. The average Bonchev–Trinajstić information content (AvgIpc) is 3.03. The van der Waals surface area contributed by atoms with Crippen molar-refractivity contribution in [3.8, 4) is 5.75 Å². The van der Waals surface area contributed by atoms with Gasteiger partial charge in [-0.3, -0.25) is 4.79 Å². The fourth-order valence-electron chi connectivity index (χ4n) is 4.55. The van der Waals surface area contributed by atoms with Gasteiger partial charge in [0.05, 0.1) is 11.3 Å². The third-order valence-corrected chi connectivity index (χ3v) is 6.22. The fraction of sp³-hybridized carbons (Fsp3) is 0.545. The molecule has 2 fully saturated rings. The van der Waals surface area contributed by atoms with Crippen molar-refractivity contribution in [3.05, 3.63) is 46.8 Å². The molecule has 2 aromatic rings. The number of aryl methyl sites for hydroxylation is 2. The van der Waals surface area contributed by atoms with Crippen LogP contribution in [0.2, 0.25) is 0 Å². The highest BCUT2D eigenvalue weighted by molar-refractivity contribution is 5.94. The van der Waals surface area contributed by atoms with Crippen molar-refractivity contribution in [2.24, 2.45) is 11.8 Å². The van der Waals surface area contributed by atoms with Crippen LogP contribution in [0.1, 0.15) is 59.5 Å². The smallest absolute Gasteiger partial charge is 0.253 e. The summed E-state index contributed by atoms with van der Waals surface area (Å²) in [6, 6.07) is 7.52. The van der Waals surface area contributed by atoms with Gasteiger partial charge in [-0.15, -0.1) is 0 Å². The minimum absolute atomic E-state index is 0.127. The van der Waals surface area contributed by atoms with Gasteiger partial charge in [-0.1, -0.05) is 30.5 Å². The molecule has 0 bridgehead atoms. The molecule has 2 aliphatic rings. The molecule has 2 heterocycles. The van der Waals surface area contributed by atoms with E-state index in [0.29, 0.717) is 23.8 Å². The van der Waals surface area contributed by atoms with E-state index in [0.717, 1.165) is 42.4 Å². The average molecular weight is 368 g/mol. The Morgan fingerprint density at radius 2 is 2.04 bits per heavy atom. The van der Waals surface area contributed by atoms with Crippen LogP contribution in [0.15, 0.2) is 28.8 Å². The number of nitrogens with zero attached hydrogens (tertiary/aromatic N) is 2. The Hall–Kier alpha value is -2.30. The number of rotatable bonds is 4. The summed E-state index contributed by atoms with van der Waals surface area (Å²) in [5.41, 5.74) is 2.52. The van der Waals surface area contributed by atoms with Crippen LogP contribution in [-0.2, 0) is 6.61 Å². The van der Waals surface area contributed by atoms with E-state index in [-0.39, 0.29) is 5.91 Å². The number of aromatic nitrogens is 1. The predicted molar refractivity (Wildman–Crippen MR) is 103 cm³/mol. The predicted octanol–water partition coefficient (Wildman–Crippen LogP) is 4.52. The van der Waals surface area contributed by atoms with E-state index in [4.69, 9.17) is 9.26 Å². The second-order valence-electron chi connectivity index (χ2n) is 7.96. The molecule has 0 spiro atoms. The second kappa shape index (κ2) is 7.75. The van der Waals surface area contributed by atoms with Crippen molar-refractivity contribution in [1.82, 2.24) is 10.1 Å². The maximum Gasteiger partial charge on any atom is 0.253 e. The van der Waals surface area contributed by atoms with Gasteiger partial charge in [-0.2, -0.15) is 0 Å². The van der Waals surface area contributed by atoms with Gasteiger partial charge in [0.15, 0.2) is 0 Å². The highest BCUT2D eigenvalue weighted by Gasteiger charge is 2.33. The highest BCUT2D eigenvalue weighted by Crippen LogP contribution is 2.36. The van der Waals surface area contributed by atoms with Crippen LogP contribution >= 0.6 is 0 Å². The number of carbonyl (C=O) groups excluding carboxylic acids is 1. The minimum atomic E-state index is 0.127. The van der Waals surface area contributed by atoms with Gasteiger partial charge < -0.3 is 14.2 Å². The molecule has 144 valence electrons. The molecule has 1 saturated heterocycles. The van der Waals surface area contributed by atoms with Gasteiger partial charge in [0.2, 0.25) is 0 Å². The van der Waals surface area contributed by atoms with Crippen molar-refractivity contribution in [2.45, 2.75) is 52.6 Å². The zero-order chi connectivity index (χ0) is 18.8. The van der Waals surface area contributed by atoms with Crippen LogP contribution in [-0.4, -0.2) is 29.1 Å². The Balaban J connectivity index is 1.41. The van der Waals surface area contributed by atoms with Crippen molar-refractivity contribution < 1.29 is 14.1 Å². The normalized spacial score (nSPS) is 22.4. The first kappa shape index (κ1) is 18.1. The van der Waals surface area contributed by atoms with Crippen LogP contribution in [0, 0.1) is 25.7 Å². The van der Waals surface area contributed by atoms with Gasteiger partial charge in [0.25, 0.3) is 5.91 Å². The molecule has 0 unspecified atom stereocenters. The number of fused-ring (bicyclic) bond motifs is 1. The molecule has 1 aromatic carbocycles. The van der Waals surface area contributed by atoms with Crippen LogP contribution in [0.3, 0.4) is 0 Å². The third-order valence-electron chi connectivity index (χ3n) is 6.22. The molecule has 1 saturated carbocycles. The lowest BCUT2D eigenvalue weighted by molar-refractivity contribution is 0.0520. The molecule has 0 radical (unpaired) electrons. The van der Waals surface area contributed by atoms with Crippen molar-refractivity contribution >= 4 is 5.91 Å². The van der Waals surface area contributed by atoms with Gasteiger partial charge in [-0.25, -0.2) is 0 Å². The number of piperidine rings is 1. The van der Waals surface area contributed by atoms with E-state index in [9.17, 15) is 4.79 Å². The number of ether oxygens (including phenoxy) is 1. The van der Waals surface area contributed by atoms with Gasteiger partial charge in [0.1, 0.15) is 18.1 Å². The van der Waals surface area contributed by atoms with E-state index >= 15 is 0 Å². The lowest BCUT2D eigenvalue weighted by Crippen LogP contribution is -2.44. The summed E-state index contributed by atoms with van der Waals surface area (Å²) in [4.78, 5) is 15.1. The number of benzene rings is 1. The third kappa shape index (κ3) is 3.87. The first-order chi connectivity index (χ1) is 13.1. The maximum absolute atomic E-state index is 13.0. The molecule has 1 aliphatic carbocycles. The van der Waals surface area contributed by atoms with Crippen molar-refractivity contribution in [2.75, 3.05) is 13.1 Å². The van der Waals surface area contributed by atoms with Gasteiger partial charge in [-0.05, 0) is 56.7 Å². The van der Waals surface area contributed by atoms with E-state index in [1.165, 1.54) is 25.7 Å². The highest BCUT2D eigenvalue weighted by atomic mass is 16.5. The molecule has 27 heavy (non-hydrogen) atoms. The molecule has 4 rings (SSSR count). The summed E-state index contributed by atoms with van der Waals surface area (Å²) in [5, 5.41) is 3.95. The van der Waals surface area contributed by atoms with Gasteiger partial charge >= 0.3 is 0 Å². The van der Waals surface area contributed by atoms with Gasteiger partial charge in [0, 0.05) is 18.7 Å². The van der Waals surface area contributed by atoms with E-state index in [2.05, 4.69) is 5.16 Å². The Kier molecular flexibility index (Phi) is 5.19. The largest absolute Gasteiger partial charge is 0.489 e. The van der Waals surface area contributed by atoms with Crippen LogP contribution < -0.4 is 4.74 Å². The number of likely N-dealkylation sites (tertiary alicyclic amines) is 1. The number of carbonyl (C=O) groups is 1. The lowest BCUT2D eigenvalue weighted by Gasteiger charge is -2.41. The molecule has 1 aliphatic heterocycles. The summed E-state index contributed by atoms with van der Waals surface area (Å²) < 4.78 is 11.1. The summed E-state index contributed by atoms with van der Waals surface area (Å²) in [5.74, 6) is 3.12. The van der Waals surface area contributed by atoms with Crippen LogP contribution in [0.25, 0.3) is 0 Å². The van der Waals surface area contributed by atoms with Crippen LogP contribution in [0.4, 0.5) is 0 Å². The topological polar surface area (TPSA) is 55.6 Å². The molecule has 1 aromatic heterocycles. The molecule has 2 atom stereocenters. The summed E-state index contributed by atoms with van der Waals surface area (Å²) in [6.07, 6.45) is 6.44. The second-order valence-corrected chi connectivity index (χ2v) is 7.96. The standard InChI is InChI=1S/C22H28N2O3/c1-15-21(16(2)27-23-15)14-26-20-9-5-8-18(12-20)22(25)24-11-10-17-6-3-4-7-19(17)13-24/h5,8-9,12,17,19H,3-4,6-7,10-11,13-14H2,1-2H3/t17-,19-/m0/s1. The molecular formula is C22H28N2O3. The summed E-state index contributed by atoms with van der Waals surface area (Å²) >= 11 is 0. The van der Waals surface area contributed by atoms with Crippen molar-refractivity contribution in [1.29, 1.82) is 0 Å². The van der Waals surface area contributed by atoms with E-state index in [1.54, 1.807) is 0 Å².